The molecule has 0 spiro atoms. The van der Waals surface area contributed by atoms with E-state index in [2.05, 4.69) is 45.0 Å². The van der Waals surface area contributed by atoms with Gasteiger partial charge in [0.25, 0.3) is 8.32 Å². The molecule has 1 unspecified atom stereocenters. The van der Waals surface area contributed by atoms with Gasteiger partial charge < -0.3 is 24.0 Å². The zero-order valence-electron chi connectivity index (χ0n) is 17.7. The van der Waals surface area contributed by atoms with Crippen molar-refractivity contribution in [1.82, 2.24) is 4.90 Å². The number of carbonyl (C=O) groups excluding carboxylic acids is 1. The Morgan fingerprint density at radius 1 is 1.10 bits per heavy atom. The Labute approximate surface area is 178 Å². The molecule has 30 heavy (non-hydrogen) atoms. The molecule has 0 saturated carbocycles. The fraction of sp³-hybridized carbons (Fsp3) is 0.391. The maximum Gasteiger partial charge on any atom is 0.407 e. The average Bonchev–Trinajstić information content (AvgIpc) is 2.74. The van der Waals surface area contributed by atoms with Gasteiger partial charge >= 0.3 is 6.09 Å². The molecule has 0 aromatic heterocycles. The molecule has 160 valence electrons. The lowest BCUT2D eigenvalue weighted by Crippen LogP contribution is -2.67. The lowest BCUT2D eigenvalue weighted by Gasteiger charge is -2.44. The van der Waals surface area contributed by atoms with Gasteiger partial charge in [0.2, 0.25) is 0 Å². The van der Waals surface area contributed by atoms with Crippen LogP contribution in [0.5, 0.6) is 0 Å². The number of benzene rings is 2. The van der Waals surface area contributed by atoms with Crippen molar-refractivity contribution in [2.75, 3.05) is 19.7 Å². The van der Waals surface area contributed by atoms with Crippen LogP contribution >= 0.6 is 0 Å². The topological polar surface area (TPSA) is 76.1 Å². The van der Waals surface area contributed by atoms with Crippen LogP contribution in [0.15, 0.2) is 60.7 Å². The molecule has 6 nitrogen and oxygen atoms in total. The largest absolute Gasteiger partial charge is 0.465 e. The third-order valence-electron chi connectivity index (χ3n) is 5.52. The number of carboxylic acid groups (broad SMARTS) is 1. The first-order valence-electron chi connectivity index (χ1n) is 10.1. The van der Waals surface area contributed by atoms with Crippen LogP contribution in [0.1, 0.15) is 20.8 Å². The molecule has 0 radical (unpaired) electrons. The molecule has 1 heterocycles. The summed E-state index contributed by atoms with van der Waals surface area (Å²) in [6.07, 6.45) is -1.68. The second-order valence-electron chi connectivity index (χ2n) is 8.59. The Morgan fingerprint density at radius 3 is 2.07 bits per heavy atom. The molecule has 2 aromatic rings. The van der Waals surface area contributed by atoms with E-state index in [4.69, 9.17) is 9.16 Å². The number of ether oxygens (including phenoxy) is 1. The second kappa shape index (κ2) is 9.12. The van der Waals surface area contributed by atoms with Gasteiger partial charge in [0, 0.05) is 0 Å². The highest BCUT2D eigenvalue weighted by molar-refractivity contribution is 6.99. The van der Waals surface area contributed by atoms with Crippen LogP contribution < -0.4 is 10.4 Å². The monoisotopic (exact) mass is 427 g/mol. The summed E-state index contributed by atoms with van der Waals surface area (Å²) in [5.74, 6) is 0. The van der Waals surface area contributed by atoms with Crippen LogP contribution in [0.4, 0.5) is 4.79 Å². The maximum absolute atomic E-state index is 11.5. The third-order valence-corrected chi connectivity index (χ3v) is 10.5. The predicted octanol–water partition coefficient (Wildman–Crippen LogP) is 2.51. The number of carbonyl (C=O) groups is 2. The van der Waals surface area contributed by atoms with Crippen molar-refractivity contribution in [3.05, 3.63) is 60.7 Å². The highest BCUT2D eigenvalue weighted by atomic mass is 28.4. The molecule has 0 aliphatic carbocycles. The molecule has 1 N–H and O–H groups in total. The van der Waals surface area contributed by atoms with Crippen molar-refractivity contribution in [3.8, 4) is 0 Å². The van der Waals surface area contributed by atoms with E-state index in [1.807, 2.05) is 36.4 Å². The van der Waals surface area contributed by atoms with Gasteiger partial charge in [0.15, 0.2) is 6.29 Å². The van der Waals surface area contributed by atoms with Gasteiger partial charge in [-0.05, 0) is 15.4 Å². The summed E-state index contributed by atoms with van der Waals surface area (Å²) >= 11 is 0. The summed E-state index contributed by atoms with van der Waals surface area (Å²) in [6.45, 7) is 6.98. The van der Waals surface area contributed by atoms with Crippen LogP contribution in [0.25, 0.3) is 0 Å². The summed E-state index contributed by atoms with van der Waals surface area (Å²) in [7, 11) is -2.75. The Morgan fingerprint density at radius 2 is 1.63 bits per heavy atom. The first-order valence-corrected chi connectivity index (χ1v) is 12.0. The van der Waals surface area contributed by atoms with E-state index in [-0.39, 0.29) is 24.7 Å². The number of rotatable bonds is 6. The van der Waals surface area contributed by atoms with Crippen LogP contribution in [-0.2, 0) is 14.0 Å². The number of morpholine rings is 1. The van der Waals surface area contributed by atoms with Crippen molar-refractivity contribution >= 4 is 31.1 Å². The third kappa shape index (κ3) is 4.48. The number of hydrogen-bond acceptors (Lipinski definition) is 4. The van der Waals surface area contributed by atoms with Gasteiger partial charge in [0.05, 0.1) is 25.8 Å². The van der Waals surface area contributed by atoms with E-state index >= 15 is 0 Å². The highest BCUT2D eigenvalue weighted by Gasteiger charge is 2.50. The first kappa shape index (κ1) is 22.2. The summed E-state index contributed by atoms with van der Waals surface area (Å²) in [5.41, 5.74) is 0. The van der Waals surface area contributed by atoms with E-state index in [0.717, 1.165) is 10.4 Å². The second-order valence-corrected chi connectivity index (χ2v) is 12.9. The number of nitrogens with zero attached hydrogens (tertiary/aromatic N) is 1. The smallest absolute Gasteiger partial charge is 0.407 e. The van der Waals surface area contributed by atoms with E-state index in [9.17, 15) is 14.7 Å². The number of amides is 1. The van der Waals surface area contributed by atoms with Crippen LogP contribution in [0.3, 0.4) is 0 Å². The molecular weight excluding hydrogens is 398 g/mol. The minimum absolute atomic E-state index is 0.0501. The summed E-state index contributed by atoms with van der Waals surface area (Å²) in [6, 6.07) is 20.4. The van der Waals surface area contributed by atoms with Crippen molar-refractivity contribution in [1.29, 1.82) is 0 Å². The Kier molecular flexibility index (Phi) is 6.75. The molecule has 1 fully saturated rings. The lowest BCUT2D eigenvalue weighted by molar-refractivity contribution is -0.133. The van der Waals surface area contributed by atoms with Gasteiger partial charge in [-0.1, -0.05) is 81.4 Å². The van der Waals surface area contributed by atoms with E-state index in [0.29, 0.717) is 6.29 Å². The number of aldehydes is 1. The highest BCUT2D eigenvalue weighted by Crippen LogP contribution is 2.37. The Hall–Kier alpha value is -2.48. The zero-order valence-corrected chi connectivity index (χ0v) is 18.7. The standard InChI is InChI=1S/C23H29NO5Si/c1-23(2,3)30(20-10-6-4-7-11-20,21-12-8-5-9-13-21)28-17-19-15-24(22(26)27)14-18(16-25)29-19/h4-13,16,18-19H,14-15,17H2,1-3H3,(H,26,27)/t18?,19-/m0/s1. The summed E-state index contributed by atoms with van der Waals surface area (Å²) in [5, 5.41) is 11.5. The van der Waals surface area contributed by atoms with E-state index in [1.54, 1.807) is 0 Å². The fourth-order valence-corrected chi connectivity index (χ4v) is 8.76. The van der Waals surface area contributed by atoms with Gasteiger partial charge in [-0.3, -0.25) is 0 Å². The first-order chi connectivity index (χ1) is 14.3. The molecule has 1 saturated heterocycles. The summed E-state index contributed by atoms with van der Waals surface area (Å²) < 4.78 is 12.6. The lowest BCUT2D eigenvalue weighted by atomic mass is 10.2. The average molecular weight is 428 g/mol. The van der Waals surface area contributed by atoms with E-state index in [1.165, 1.54) is 4.90 Å². The Bertz CT molecular complexity index is 813. The SMILES string of the molecule is CC(C)(C)[Si](OC[C@@H]1CN(C(=O)O)CC(C=O)O1)(c1ccccc1)c1ccccc1. The van der Waals surface area contributed by atoms with Crippen LogP contribution in [0.2, 0.25) is 5.04 Å². The van der Waals surface area contributed by atoms with Crippen LogP contribution in [-0.4, -0.2) is 62.6 Å². The summed E-state index contributed by atoms with van der Waals surface area (Å²) in [4.78, 5) is 24.0. The van der Waals surface area contributed by atoms with Crippen molar-refractivity contribution in [3.63, 3.8) is 0 Å². The minimum atomic E-state index is -2.75. The molecule has 2 atom stereocenters. The van der Waals surface area contributed by atoms with Crippen LogP contribution in [0, 0.1) is 0 Å². The zero-order chi connectivity index (χ0) is 21.8. The molecule has 3 rings (SSSR count). The van der Waals surface area contributed by atoms with Crippen molar-refractivity contribution in [2.24, 2.45) is 0 Å². The van der Waals surface area contributed by atoms with E-state index < -0.39 is 26.6 Å². The van der Waals surface area contributed by atoms with Gasteiger partial charge in [-0.25, -0.2) is 4.79 Å². The molecular formula is C23H29NO5Si. The molecule has 0 bridgehead atoms. The quantitative estimate of drug-likeness (QED) is 0.566. The predicted molar refractivity (Wildman–Crippen MR) is 118 cm³/mol. The Balaban J connectivity index is 1.97. The fourth-order valence-electron chi connectivity index (χ4n) is 4.17. The van der Waals surface area contributed by atoms with Gasteiger partial charge in [0.1, 0.15) is 6.10 Å². The van der Waals surface area contributed by atoms with Crippen molar-refractivity contribution < 1.29 is 23.9 Å². The molecule has 1 aliphatic rings. The van der Waals surface area contributed by atoms with Gasteiger partial charge in [-0.15, -0.1) is 0 Å². The molecule has 7 heteroatoms. The minimum Gasteiger partial charge on any atom is -0.465 e. The molecule has 2 aromatic carbocycles. The van der Waals surface area contributed by atoms with Gasteiger partial charge in [-0.2, -0.15) is 0 Å². The normalized spacial score (nSPS) is 20.0. The maximum atomic E-state index is 11.5. The molecule has 1 aliphatic heterocycles. The van der Waals surface area contributed by atoms with Crippen molar-refractivity contribution in [2.45, 2.75) is 38.0 Å². The number of hydrogen-bond donors (Lipinski definition) is 1. The molecule has 1 amide bonds.